The highest BCUT2D eigenvalue weighted by atomic mass is 35.5. The van der Waals surface area contributed by atoms with Crippen LogP contribution in [-0.2, 0) is 6.54 Å². The average Bonchev–Trinajstić information content (AvgIpc) is 2.47. The molecule has 2 rings (SSSR count). The quantitative estimate of drug-likeness (QED) is 0.881. The Balaban J connectivity index is 0.00000200. The van der Waals surface area contributed by atoms with E-state index in [1.54, 1.807) is 0 Å². The molecule has 2 N–H and O–H groups in total. The minimum absolute atomic E-state index is 0. The van der Waals surface area contributed by atoms with Crippen LogP contribution in [0, 0.1) is 0 Å². The molecule has 0 aliphatic carbocycles. The van der Waals surface area contributed by atoms with Crippen LogP contribution in [0.1, 0.15) is 19.4 Å². The van der Waals surface area contributed by atoms with E-state index in [9.17, 15) is 5.11 Å². The number of hydrogen-bond acceptors (Lipinski definition) is 2. The smallest absolute Gasteiger partial charge is 0.0607 e. The summed E-state index contributed by atoms with van der Waals surface area (Å²) >= 11 is 0. The van der Waals surface area contributed by atoms with Gasteiger partial charge in [0.2, 0.25) is 0 Å². The summed E-state index contributed by atoms with van der Waals surface area (Å²) < 4.78 is 0. The van der Waals surface area contributed by atoms with Crippen LogP contribution < -0.4 is 5.32 Å². The molecule has 2 aromatic rings. The molecule has 0 radical (unpaired) electrons. The van der Waals surface area contributed by atoms with Gasteiger partial charge in [0, 0.05) is 12.1 Å². The molecule has 0 aliphatic heterocycles. The normalized spacial score (nSPS) is 10.9. The van der Waals surface area contributed by atoms with Gasteiger partial charge in [0.1, 0.15) is 0 Å². The van der Waals surface area contributed by atoms with Crippen LogP contribution in [0.2, 0.25) is 0 Å². The van der Waals surface area contributed by atoms with Crippen molar-refractivity contribution >= 4 is 12.4 Å². The third-order valence-corrected chi connectivity index (χ3v) is 3.23. The maximum atomic E-state index is 9.20. The van der Waals surface area contributed by atoms with Gasteiger partial charge >= 0.3 is 0 Å². The Hall–Kier alpha value is -1.35. The Morgan fingerprint density at radius 3 is 2.00 bits per heavy atom. The van der Waals surface area contributed by atoms with E-state index >= 15 is 0 Å². The molecule has 2 aromatic carbocycles. The van der Waals surface area contributed by atoms with Crippen molar-refractivity contribution in [2.75, 3.05) is 6.61 Å². The van der Waals surface area contributed by atoms with Crippen molar-refractivity contribution in [2.24, 2.45) is 0 Å². The van der Waals surface area contributed by atoms with Crippen molar-refractivity contribution < 1.29 is 5.11 Å². The molecule has 20 heavy (non-hydrogen) atoms. The maximum absolute atomic E-state index is 9.20. The van der Waals surface area contributed by atoms with Crippen molar-refractivity contribution in [1.82, 2.24) is 5.32 Å². The summed E-state index contributed by atoms with van der Waals surface area (Å²) in [5, 5.41) is 12.5. The standard InChI is InChI=1S/C17H21NO.ClH/c1-17(2,13-19)18-12-14-8-10-16(11-9-14)15-6-4-3-5-7-15;/h3-11,18-19H,12-13H2,1-2H3;1H. The first-order valence-electron chi connectivity index (χ1n) is 6.61. The van der Waals surface area contributed by atoms with E-state index in [0.29, 0.717) is 0 Å². The predicted molar refractivity (Wildman–Crippen MR) is 87.1 cm³/mol. The highest BCUT2D eigenvalue weighted by Crippen LogP contribution is 2.19. The van der Waals surface area contributed by atoms with Crippen molar-refractivity contribution in [3.8, 4) is 11.1 Å². The molecular weight excluding hydrogens is 270 g/mol. The highest BCUT2D eigenvalue weighted by molar-refractivity contribution is 5.85. The molecule has 108 valence electrons. The summed E-state index contributed by atoms with van der Waals surface area (Å²) in [6, 6.07) is 18.9. The second-order valence-corrected chi connectivity index (χ2v) is 5.46. The summed E-state index contributed by atoms with van der Waals surface area (Å²) in [5.41, 5.74) is 3.45. The van der Waals surface area contributed by atoms with Crippen LogP contribution in [0.3, 0.4) is 0 Å². The molecule has 2 nitrogen and oxygen atoms in total. The first-order valence-corrected chi connectivity index (χ1v) is 6.61. The number of nitrogens with one attached hydrogen (secondary N) is 1. The van der Waals surface area contributed by atoms with Gasteiger partial charge in [-0.05, 0) is 30.5 Å². The molecule has 0 amide bonds. The lowest BCUT2D eigenvalue weighted by Crippen LogP contribution is -2.42. The third kappa shape index (κ3) is 4.64. The summed E-state index contributed by atoms with van der Waals surface area (Å²) in [5.74, 6) is 0. The van der Waals surface area contributed by atoms with E-state index in [1.807, 2.05) is 19.9 Å². The Morgan fingerprint density at radius 2 is 1.45 bits per heavy atom. The molecule has 0 saturated carbocycles. The van der Waals surface area contributed by atoms with E-state index in [1.165, 1.54) is 16.7 Å². The number of hydrogen-bond donors (Lipinski definition) is 2. The molecule has 0 aliphatic rings. The summed E-state index contributed by atoms with van der Waals surface area (Å²) in [4.78, 5) is 0. The lowest BCUT2D eigenvalue weighted by molar-refractivity contribution is 0.187. The summed E-state index contributed by atoms with van der Waals surface area (Å²) in [7, 11) is 0. The lowest BCUT2D eigenvalue weighted by atomic mass is 10.0. The van der Waals surface area contributed by atoms with Gasteiger partial charge in [-0.2, -0.15) is 0 Å². The molecule has 3 heteroatoms. The molecule has 0 aromatic heterocycles. The fraction of sp³-hybridized carbons (Fsp3) is 0.294. The number of rotatable bonds is 5. The predicted octanol–water partition coefficient (Wildman–Crippen LogP) is 3.64. The highest BCUT2D eigenvalue weighted by Gasteiger charge is 2.14. The Kier molecular flexibility index (Phi) is 6.21. The zero-order valence-electron chi connectivity index (χ0n) is 12.0. The SMILES string of the molecule is CC(C)(CO)NCc1ccc(-c2ccccc2)cc1.Cl. The van der Waals surface area contributed by atoms with Gasteiger partial charge in [-0.1, -0.05) is 54.6 Å². The number of aliphatic hydroxyl groups excluding tert-OH is 1. The van der Waals surface area contributed by atoms with Crippen molar-refractivity contribution in [3.63, 3.8) is 0 Å². The average molecular weight is 292 g/mol. The van der Waals surface area contributed by atoms with Crippen LogP contribution >= 0.6 is 12.4 Å². The van der Waals surface area contributed by atoms with Crippen LogP contribution in [0.4, 0.5) is 0 Å². The van der Waals surface area contributed by atoms with Gasteiger partial charge in [-0.25, -0.2) is 0 Å². The Bertz CT molecular complexity index is 508. The molecule has 0 unspecified atom stereocenters. The topological polar surface area (TPSA) is 32.3 Å². The van der Waals surface area contributed by atoms with Gasteiger partial charge in [0.15, 0.2) is 0 Å². The summed E-state index contributed by atoms with van der Waals surface area (Å²) in [6.45, 7) is 4.88. The van der Waals surface area contributed by atoms with E-state index in [0.717, 1.165) is 6.54 Å². The first kappa shape index (κ1) is 16.7. The molecule has 0 atom stereocenters. The van der Waals surface area contributed by atoms with Gasteiger partial charge in [0.05, 0.1) is 6.61 Å². The van der Waals surface area contributed by atoms with Gasteiger partial charge in [0.25, 0.3) is 0 Å². The summed E-state index contributed by atoms with van der Waals surface area (Å²) in [6.07, 6.45) is 0. The second-order valence-electron chi connectivity index (χ2n) is 5.46. The van der Waals surface area contributed by atoms with Crippen molar-refractivity contribution in [2.45, 2.75) is 25.9 Å². The zero-order valence-corrected chi connectivity index (χ0v) is 12.8. The van der Waals surface area contributed by atoms with Gasteiger partial charge in [-0.15, -0.1) is 12.4 Å². The molecular formula is C17H22ClNO. The second kappa shape index (κ2) is 7.44. The van der Waals surface area contributed by atoms with E-state index in [4.69, 9.17) is 0 Å². The van der Waals surface area contributed by atoms with Crippen LogP contribution in [0.15, 0.2) is 54.6 Å². The maximum Gasteiger partial charge on any atom is 0.0607 e. The minimum atomic E-state index is -0.238. The molecule has 0 saturated heterocycles. The van der Waals surface area contributed by atoms with Gasteiger partial charge < -0.3 is 10.4 Å². The fourth-order valence-electron chi connectivity index (χ4n) is 1.84. The lowest BCUT2D eigenvalue weighted by Gasteiger charge is -2.23. The minimum Gasteiger partial charge on any atom is -0.394 e. The van der Waals surface area contributed by atoms with E-state index in [2.05, 4.69) is 53.8 Å². The van der Waals surface area contributed by atoms with Gasteiger partial charge in [-0.3, -0.25) is 0 Å². The molecule has 0 heterocycles. The van der Waals surface area contributed by atoms with E-state index in [-0.39, 0.29) is 24.6 Å². The largest absolute Gasteiger partial charge is 0.394 e. The monoisotopic (exact) mass is 291 g/mol. The van der Waals surface area contributed by atoms with Crippen molar-refractivity contribution in [3.05, 3.63) is 60.2 Å². The van der Waals surface area contributed by atoms with Crippen LogP contribution in [-0.4, -0.2) is 17.3 Å². The Morgan fingerprint density at radius 1 is 0.900 bits per heavy atom. The first-order chi connectivity index (χ1) is 9.11. The number of halogens is 1. The Labute approximate surface area is 127 Å². The molecule has 0 fully saturated rings. The number of benzene rings is 2. The molecule has 0 spiro atoms. The van der Waals surface area contributed by atoms with Crippen molar-refractivity contribution in [1.29, 1.82) is 0 Å². The fourth-order valence-corrected chi connectivity index (χ4v) is 1.84. The van der Waals surface area contributed by atoms with Crippen LogP contribution in [0.5, 0.6) is 0 Å². The molecule has 0 bridgehead atoms. The number of aliphatic hydroxyl groups is 1. The zero-order chi connectivity index (χ0) is 13.7. The van der Waals surface area contributed by atoms with Crippen LogP contribution in [0.25, 0.3) is 11.1 Å². The van der Waals surface area contributed by atoms with E-state index < -0.39 is 0 Å². The third-order valence-electron chi connectivity index (χ3n) is 3.23.